The summed E-state index contributed by atoms with van der Waals surface area (Å²) in [4.78, 5) is 21.6. The summed E-state index contributed by atoms with van der Waals surface area (Å²) in [6.45, 7) is 9.35. The van der Waals surface area contributed by atoms with Gasteiger partial charge in [0.2, 0.25) is 0 Å². The molecule has 0 aliphatic carbocycles. The number of nitrogens with one attached hydrogen (secondary N) is 1. The molecule has 3 aromatic rings. The van der Waals surface area contributed by atoms with E-state index in [4.69, 9.17) is 0 Å². The largest absolute Gasteiger partial charge is 0.349 e. The number of hydrogen-bond donors (Lipinski definition) is 1. The van der Waals surface area contributed by atoms with Gasteiger partial charge in [-0.05, 0) is 62.4 Å². The molecule has 1 saturated heterocycles. The molecule has 1 fully saturated rings. The van der Waals surface area contributed by atoms with Crippen LogP contribution in [0.1, 0.15) is 39.7 Å². The summed E-state index contributed by atoms with van der Waals surface area (Å²) in [5, 5.41) is 4.39. The first-order valence-electron chi connectivity index (χ1n) is 9.94. The first-order valence-corrected chi connectivity index (χ1v) is 10.8. The van der Waals surface area contributed by atoms with Gasteiger partial charge in [0, 0.05) is 30.7 Å². The van der Waals surface area contributed by atoms with E-state index in [9.17, 15) is 4.79 Å². The van der Waals surface area contributed by atoms with Crippen molar-refractivity contribution in [1.82, 2.24) is 15.2 Å². The monoisotopic (exact) mass is 393 g/mol. The van der Waals surface area contributed by atoms with Crippen molar-refractivity contribution >= 4 is 27.5 Å². The van der Waals surface area contributed by atoms with Crippen LogP contribution in [0.4, 0.5) is 0 Å². The van der Waals surface area contributed by atoms with Crippen molar-refractivity contribution in [2.75, 3.05) is 13.1 Å². The summed E-state index contributed by atoms with van der Waals surface area (Å²) >= 11 is 1.50. The van der Waals surface area contributed by atoms with E-state index in [0.717, 1.165) is 46.7 Å². The molecule has 0 unspecified atom stereocenters. The molecule has 4 nitrogen and oxygen atoms in total. The van der Waals surface area contributed by atoms with Gasteiger partial charge in [-0.25, -0.2) is 4.98 Å². The molecule has 0 bridgehead atoms. The SMILES string of the molecule is Cc1ccnc2sc(C(=O)N[C@@H](C)[C@H]3CCN(Cc4ccccc4)C3)c(C)c12. The molecule has 28 heavy (non-hydrogen) atoms. The highest BCUT2D eigenvalue weighted by molar-refractivity contribution is 7.20. The minimum atomic E-state index is 0.0360. The van der Waals surface area contributed by atoms with Gasteiger partial charge in [0.25, 0.3) is 5.91 Å². The fraction of sp³-hybridized carbons (Fsp3) is 0.391. The highest BCUT2D eigenvalue weighted by Crippen LogP contribution is 2.31. The van der Waals surface area contributed by atoms with E-state index in [0.29, 0.717) is 5.92 Å². The molecular weight excluding hydrogens is 366 g/mol. The first-order chi connectivity index (χ1) is 13.5. The van der Waals surface area contributed by atoms with E-state index in [1.807, 2.05) is 19.2 Å². The van der Waals surface area contributed by atoms with Crippen LogP contribution < -0.4 is 5.32 Å². The normalized spacial score (nSPS) is 18.5. The van der Waals surface area contributed by atoms with E-state index >= 15 is 0 Å². The molecule has 2 atom stereocenters. The van der Waals surface area contributed by atoms with E-state index in [2.05, 4.69) is 59.4 Å². The summed E-state index contributed by atoms with van der Waals surface area (Å²) in [5.74, 6) is 0.524. The Morgan fingerprint density at radius 1 is 1.29 bits per heavy atom. The molecule has 0 radical (unpaired) electrons. The molecular formula is C23H27N3OS. The predicted octanol–water partition coefficient (Wildman–Crippen LogP) is 4.55. The number of pyridine rings is 1. The predicted molar refractivity (Wildman–Crippen MR) is 116 cm³/mol. The van der Waals surface area contributed by atoms with E-state index < -0.39 is 0 Å². The van der Waals surface area contributed by atoms with Gasteiger partial charge in [-0.1, -0.05) is 30.3 Å². The maximum absolute atomic E-state index is 12.9. The van der Waals surface area contributed by atoms with Crippen LogP contribution in [0, 0.1) is 19.8 Å². The minimum absolute atomic E-state index is 0.0360. The number of nitrogens with zero attached hydrogens (tertiary/aromatic N) is 2. The van der Waals surface area contributed by atoms with Gasteiger partial charge >= 0.3 is 0 Å². The number of thiophene rings is 1. The van der Waals surface area contributed by atoms with Crippen LogP contribution in [-0.2, 0) is 6.54 Å². The zero-order valence-corrected chi connectivity index (χ0v) is 17.6. The van der Waals surface area contributed by atoms with E-state index in [-0.39, 0.29) is 11.9 Å². The highest BCUT2D eigenvalue weighted by Gasteiger charge is 2.29. The zero-order chi connectivity index (χ0) is 19.7. The van der Waals surface area contributed by atoms with Gasteiger partial charge in [-0.3, -0.25) is 9.69 Å². The Labute approximate surface area is 170 Å². The number of carbonyl (C=O) groups is 1. The number of benzene rings is 1. The maximum Gasteiger partial charge on any atom is 0.261 e. The van der Waals surface area contributed by atoms with Crippen molar-refractivity contribution in [2.24, 2.45) is 5.92 Å². The Morgan fingerprint density at radius 3 is 2.82 bits per heavy atom. The lowest BCUT2D eigenvalue weighted by Gasteiger charge is -2.21. The number of aromatic nitrogens is 1. The Morgan fingerprint density at radius 2 is 2.07 bits per heavy atom. The standard InChI is InChI=1S/C23H27N3OS/c1-15-9-11-24-23-20(15)16(2)21(28-23)22(27)25-17(3)19-10-12-26(14-19)13-18-7-5-4-6-8-18/h4-9,11,17,19H,10,12-14H2,1-3H3,(H,25,27)/t17-,19-/m0/s1. The number of amides is 1. The number of likely N-dealkylation sites (tertiary alicyclic amines) is 1. The molecule has 1 aliphatic heterocycles. The number of carbonyl (C=O) groups excluding carboxylic acids is 1. The second kappa shape index (κ2) is 8.02. The number of fused-ring (bicyclic) bond motifs is 1. The summed E-state index contributed by atoms with van der Waals surface area (Å²) in [5.41, 5.74) is 3.58. The number of aryl methyl sites for hydroxylation is 2. The summed E-state index contributed by atoms with van der Waals surface area (Å²) in [6.07, 6.45) is 2.94. The Kier molecular flexibility index (Phi) is 5.47. The van der Waals surface area contributed by atoms with E-state index in [1.165, 1.54) is 22.5 Å². The van der Waals surface area contributed by atoms with Gasteiger partial charge in [0.1, 0.15) is 4.83 Å². The van der Waals surface area contributed by atoms with Gasteiger partial charge in [0.15, 0.2) is 0 Å². The molecule has 4 rings (SSSR count). The van der Waals surface area contributed by atoms with Crippen LogP contribution in [0.25, 0.3) is 10.2 Å². The fourth-order valence-corrected chi connectivity index (χ4v) is 5.35. The van der Waals surface area contributed by atoms with Crippen molar-refractivity contribution in [3.8, 4) is 0 Å². The Hall–Kier alpha value is -2.24. The average molecular weight is 394 g/mol. The van der Waals surface area contributed by atoms with Crippen molar-refractivity contribution in [2.45, 2.75) is 39.8 Å². The number of hydrogen-bond acceptors (Lipinski definition) is 4. The molecule has 1 N–H and O–H groups in total. The molecule has 1 aromatic carbocycles. The number of rotatable bonds is 5. The minimum Gasteiger partial charge on any atom is -0.349 e. The Balaban J connectivity index is 1.40. The van der Waals surface area contributed by atoms with Crippen LogP contribution in [0.2, 0.25) is 0 Å². The lowest BCUT2D eigenvalue weighted by molar-refractivity contribution is 0.0930. The smallest absolute Gasteiger partial charge is 0.261 e. The third-order valence-electron chi connectivity index (χ3n) is 5.87. The molecule has 3 heterocycles. The summed E-state index contributed by atoms with van der Waals surface area (Å²) < 4.78 is 0. The zero-order valence-electron chi connectivity index (χ0n) is 16.7. The third kappa shape index (κ3) is 3.82. The molecule has 5 heteroatoms. The van der Waals surface area contributed by atoms with Gasteiger partial charge < -0.3 is 5.32 Å². The van der Waals surface area contributed by atoms with Crippen LogP contribution in [0.15, 0.2) is 42.6 Å². The Bertz CT molecular complexity index is 982. The maximum atomic E-state index is 12.9. The van der Waals surface area contributed by atoms with Gasteiger partial charge in [-0.15, -0.1) is 11.3 Å². The molecule has 1 aliphatic rings. The molecule has 1 amide bonds. The van der Waals surface area contributed by atoms with Crippen molar-refractivity contribution in [1.29, 1.82) is 0 Å². The third-order valence-corrected chi connectivity index (χ3v) is 7.07. The average Bonchev–Trinajstić information content (AvgIpc) is 3.28. The molecule has 0 saturated carbocycles. The molecule has 146 valence electrons. The second-order valence-electron chi connectivity index (χ2n) is 7.90. The quantitative estimate of drug-likeness (QED) is 0.691. The van der Waals surface area contributed by atoms with Crippen LogP contribution in [-0.4, -0.2) is 34.9 Å². The fourth-order valence-electron chi connectivity index (χ4n) is 4.22. The van der Waals surface area contributed by atoms with Crippen LogP contribution in [0.5, 0.6) is 0 Å². The highest BCUT2D eigenvalue weighted by atomic mass is 32.1. The lowest BCUT2D eigenvalue weighted by atomic mass is 10.0. The lowest BCUT2D eigenvalue weighted by Crippen LogP contribution is -2.39. The van der Waals surface area contributed by atoms with E-state index in [1.54, 1.807) is 0 Å². The van der Waals surface area contributed by atoms with Crippen LogP contribution >= 0.6 is 11.3 Å². The topological polar surface area (TPSA) is 45.2 Å². The van der Waals surface area contributed by atoms with Crippen LogP contribution in [0.3, 0.4) is 0 Å². The van der Waals surface area contributed by atoms with Gasteiger partial charge in [-0.2, -0.15) is 0 Å². The first kappa shape index (κ1) is 19.1. The van der Waals surface area contributed by atoms with Gasteiger partial charge in [0.05, 0.1) is 4.88 Å². The van der Waals surface area contributed by atoms with Crippen molar-refractivity contribution in [3.63, 3.8) is 0 Å². The molecule has 0 spiro atoms. The summed E-state index contributed by atoms with van der Waals surface area (Å²) in [6, 6.07) is 12.8. The second-order valence-corrected chi connectivity index (χ2v) is 8.89. The van der Waals surface area contributed by atoms with Crippen molar-refractivity contribution in [3.05, 3.63) is 64.2 Å². The van der Waals surface area contributed by atoms with Crippen molar-refractivity contribution < 1.29 is 4.79 Å². The summed E-state index contributed by atoms with van der Waals surface area (Å²) in [7, 11) is 0. The molecule has 2 aromatic heterocycles.